The second-order valence-corrected chi connectivity index (χ2v) is 9.38. The molecule has 0 saturated carbocycles. The average Bonchev–Trinajstić information content (AvgIpc) is 3.13. The normalized spacial score (nSPS) is 21.5. The van der Waals surface area contributed by atoms with E-state index in [1.807, 2.05) is 12.1 Å². The fourth-order valence-electron chi connectivity index (χ4n) is 4.46. The zero-order chi connectivity index (χ0) is 20.1. The maximum atomic E-state index is 13.5. The SMILES string of the molecule is CN1CCCCC1CCSc1nnc(CN2CCCCC2)n1-c1ccc(F)cc1. The van der Waals surface area contributed by atoms with Gasteiger partial charge in [0.15, 0.2) is 11.0 Å². The Morgan fingerprint density at radius 1 is 1.00 bits per heavy atom. The highest BCUT2D eigenvalue weighted by Gasteiger charge is 2.21. The topological polar surface area (TPSA) is 37.2 Å². The first-order chi connectivity index (χ1) is 14.2. The van der Waals surface area contributed by atoms with Gasteiger partial charge in [-0.15, -0.1) is 10.2 Å². The van der Waals surface area contributed by atoms with Crippen LogP contribution in [0.1, 0.15) is 50.8 Å². The second kappa shape index (κ2) is 10.0. The number of nitrogens with zero attached hydrogens (tertiary/aromatic N) is 5. The minimum Gasteiger partial charge on any atom is -0.303 e. The molecule has 4 rings (SSSR count). The van der Waals surface area contributed by atoms with Crippen molar-refractivity contribution in [1.82, 2.24) is 24.6 Å². The van der Waals surface area contributed by atoms with Crippen LogP contribution in [-0.2, 0) is 6.54 Å². The van der Waals surface area contributed by atoms with Gasteiger partial charge in [-0.05, 0) is 83.1 Å². The highest BCUT2D eigenvalue weighted by Crippen LogP contribution is 2.26. The minimum atomic E-state index is -0.214. The van der Waals surface area contributed by atoms with Crippen LogP contribution in [-0.4, -0.2) is 63.0 Å². The quantitative estimate of drug-likeness (QED) is 0.626. The smallest absolute Gasteiger partial charge is 0.195 e. The van der Waals surface area contributed by atoms with Crippen LogP contribution in [0.15, 0.2) is 29.4 Å². The number of thioether (sulfide) groups is 1. The molecule has 0 radical (unpaired) electrons. The number of benzene rings is 1. The molecule has 0 amide bonds. The van der Waals surface area contributed by atoms with Gasteiger partial charge in [-0.2, -0.15) is 0 Å². The van der Waals surface area contributed by atoms with Crippen LogP contribution >= 0.6 is 11.8 Å². The summed E-state index contributed by atoms with van der Waals surface area (Å²) in [6.07, 6.45) is 8.94. The van der Waals surface area contributed by atoms with E-state index in [4.69, 9.17) is 0 Å². The molecule has 1 atom stereocenters. The van der Waals surface area contributed by atoms with E-state index < -0.39 is 0 Å². The van der Waals surface area contributed by atoms with Crippen LogP contribution in [0.2, 0.25) is 0 Å². The summed E-state index contributed by atoms with van der Waals surface area (Å²) in [7, 11) is 2.24. The molecule has 3 heterocycles. The number of hydrogen-bond acceptors (Lipinski definition) is 5. The van der Waals surface area contributed by atoms with E-state index in [1.165, 1.54) is 63.6 Å². The third-order valence-corrected chi connectivity index (χ3v) is 7.16. The fourth-order valence-corrected chi connectivity index (χ4v) is 5.47. The van der Waals surface area contributed by atoms with Gasteiger partial charge in [0, 0.05) is 17.5 Å². The monoisotopic (exact) mass is 417 g/mol. The Morgan fingerprint density at radius 2 is 1.76 bits per heavy atom. The van der Waals surface area contributed by atoms with Gasteiger partial charge in [0.2, 0.25) is 0 Å². The van der Waals surface area contributed by atoms with E-state index in [0.29, 0.717) is 6.04 Å². The van der Waals surface area contributed by atoms with Crippen molar-refractivity contribution in [3.63, 3.8) is 0 Å². The summed E-state index contributed by atoms with van der Waals surface area (Å²) < 4.78 is 15.6. The molecular formula is C22H32FN5S. The second-order valence-electron chi connectivity index (χ2n) is 8.31. The first-order valence-corrected chi connectivity index (χ1v) is 11.9. The standard InChI is InChI=1S/C22H32FN5S/c1-26-13-6-3-7-19(26)12-16-29-22-25-24-21(17-27-14-4-2-5-15-27)28(22)20-10-8-18(23)9-11-20/h8-11,19H,2-7,12-17H2,1H3. The number of halogens is 1. The third kappa shape index (κ3) is 5.38. The first-order valence-electron chi connectivity index (χ1n) is 11.0. The summed E-state index contributed by atoms with van der Waals surface area (Å²) in [5.41, 5.74) is 0.945. The Kier molecular flexibility index (Phi) is 7.21. The summed E-state index contributed by atoms with van der Waals surface area (Å²) >= 11 is 1.78. The predicted octanol–water partition coefficient (Wildman–Crippen LogP) is 4.36. The maximum absolute atomic E-state index is 13.5. The van der Waals surface area contributed by atoms with Crippen molar-refractivity contribution in [2.75, 3.05) is 32.4 Å². The molecule has 1 aromatic heterocycles. The van der Waals surface area contributed by atoms with Crippen molar-refractivity contribution >= 4 is 11.8 Å². The zero-order valence-corrected chi connectivity index (χ0v) is 18.2. The number of aromatic nitrogens is 3. The van der Waals surface area contributed by atoms with Crippen molar-refractivity contribution < 1.29 is 4.39 Å². The van der Waals surface area contributed by atoms with E-state index in [0.717, 1.165) is 42.1 Å². The van der Waals surface area contributed by atoms with E-state index in [9.17, 15) is 4.39 Å². The van der Waals surface area contributed by atoms with Crippen molar-refractivity contribution in [3.8, 4) is 5.69 Å². The molecular weight excluding hydrogens is 385 g/mol. The molecule has 2 fully saturated rings. The summed E-state index contributed by atoms with van der Waals surface area (Å²) in [6, 6.07) is 7.37. The molecule has 1 aromatic carbocycles. The molecule has 0 N–H and O–H groups in total. The zero-order valence-electron chi connectivity index (χ0n) is 17.4. The molecule has 2 saturated heterocycles. The Balaban J connectivity index is 1.48. The molecule has 29 heavy (non-hydrogen) atoms. The van der Waals surface area contributed by atoms with Gasteiger partial charge in [0.25, 0.3) is 0 Å². The predicted molar refractivity (Wildman–Crippen MR) is 116 cm³/mol. The van der Waals surface area contributed by atoms with Crippen molar-refractivity contribution in [2.24, 2.45) is 0 Å². The number of likely N-dealkylation sites (tertiary alicyclic amines) is 2. The van der Waals surface area contributed by atoms with Crippen LogP contribution in [0.3, 0.4) is 0 Å². The van der Waals surface area contributed by atoms with Crippen LogP contribution in [0.4, 0.5) is 4.39 Å². The maximum Gasteiger partial charge on any atom is 0.195 e. The lowest BCUT2D eigenvalue weighted by molar-refractivity contribution is 0.182. The molecule has 0 bridgehead atoms. The molecule has 0 aliphatic carbocycles. The van der Waals surface area contributed by atoms with Crippen LogP contribution in [0, 0.1) is 5.82 Å². The van der Waals surface area contributed by atoms with E-state index in [2.05, 4.69) is 31.6 Å². The van der Waals surface area contributed by atoms with Gasteiger partial charge < -0.3 is 4.90 Å². The minimum absolute atomic E-state index is 0.214. The summed E-state index contributed by atoms with van der Waals surface area (Å²) in [5, 5.41) is 9.98. The molecule has 0 spiro atoms. The third-order valence-electron chi connectivity index (χ3n) is 6.20. The summed E-state index contributed by atoms with van der Waals surface area (Å²) in [5.74, 6) is 1.77. The van der Waals surface area contributed by atoms with Gasteiger partial charge in [-0.25, -0.2) is 4.39 Å². The highest BCUT2D eigenvalue weighted by atomic mass is 32.2. The Labute approximate surface area is 177 Å². The molecule has 2 aliphatic rings. The lowest BCUT2D eigenvalue weighted by atomic mass is 10.0. The van der Waals surface area contributed by atoms with Crippen molar-refractivity contribution in [3.05, 3.63) is 35.9 Å². The molecule has 2 aliphatic heterocycles. The van der Waals surface area contributed by atoms with E-state index in [1.54, 1.807) is 11.8 Å². The van der Waals surface area contributed by atoms with Crippen LogP contribution in [0.5, 0.6) is 0 Å². The van der Waals surface area contributed by atoms with Crippen LogP contribution in [0.25, 0.3) is 5.69 Å². The molecule has 5 nitrogen and oxygen atoms in total. The van der Waals surface area contributed by atoms with Gasteiger partial charge in [-0.1, -0.05) is 24.6 Å². The van der Waals surface area contributed by atoms with Crippen molar-refractivity contribution in [2.45, 2.75) is 62.7 Å². The lowest BCUT2D eigenvalue weighted by Crippen LogP contribution is -2.36. The summed E-state index contributed by atoms with van der Waals surface area (Å²) in [4.78, 5) is 4.95. The van der Waals surface area contributed by atoms with Gasteiger partial charge in [0.1, 0.15) is 5.82 Å². The molecule has 1 unspecified atom stereocenters. The van der Waals surface area contributed by atoms with Gasteiger partial charge in [-0.3, -0.25) is 9.47 Å². The largest absolute Gasteiger partial charge is 0.303 e. The fraction of sp³-hybridized carbons (Fsp3) is 0.636. The van der Waals surface area contributed by atoms with E-state index in [-0.39, 0.29) is 5.82 Å². The summed E-state index contributed by atoms with van der Waals surface area (Å²) in [6.45, 7) is 4.25. The van der Waals surface area contributed by atoms with E-state index >= 15 is 0 Å². The van der Waals surface area contributed by atoms with Crippen LogP contribution < -0.4 is 0 Å². The number of piperidine rings is 2. The first kappa shape index (κ1) is 20.8. The Bertz CT molecular complexity index is 772. The van der Waals surface area contributed by atoms with Crippen molar-refractivity contribution in [1.29, 1.82) is 0 Å². The lowest BCUT2D eigenvalue weighted by Gasteiger charge is -2.32. The highest BCUT2D eigenvalue weighted by molar-refractivity contribution is 7.99. The van der Waals surface area contributed by atoms with Gasteiger partial charge >= 0.3 is 0 Å². The average molecular weight is 418 g/mol. The molecule has 2 aromatic rings. The Hall–Kier alpha value is -1.44. The van der Waals surface area contributed by atoms with Gasteiger partial charge in [0.05, 0.1) is 6.54 Å². The number of rotatable bonds is 7. The Morgan fingerprint density at radius 3 is 2.52 bits per heavy atom. The molecule has 7 heteroatoms. The molecule has 158 valence electrons. The number of hydrogen-bond donors (Lipinski definition) is 0.